The number of hydrogen-bond donors (Lipinski definition) is 3. The molecule has 0 aliphatic carbocycles. The molecule has 15 heavy (non-hydrogen) atoms. The van der Waals surface area contributed by atoms with Gasteiger partial charge in [-0.15, -0.1) is 0 Å². The maximum Gasteiger partial charge on any atom is 0.237 e. The normalized spacial score (nSPS) is 15.1. The minimum Gasteiger partial charge on any atom is -0.394 e. The first-order valence-electron chi connectivity index (χ1n) is 5.18. The Morgan fingerprint density at radius 1 is 1.53 bits per heavy atom. The highest BCUT2D eigenvalue weighted by Crippen LogP contribution is 2.01. The molecule has 0 aromatic carbocycles. The van der Waals surface area contributed by atoms with Crippen LogP contribution in [0.2, 0.25) is 0 Å². The minimum absolute atomic E-state index is 0.0690. The van der Waals surface area contributed by atoms with Gasteiger partial charge in [0.05, 0.1) is 18.7 Å². The molecular weight excluding hydrogens is 196 g/mol. The summed E-state index contributed by atoms with van der Waals surface area (Å²) in [6.45, 7) is 4.25. The molecule has 5 heteroatoms. The van der Waals surface area contributed by atoms with Gasteiger partial charge in [-0.2, -0.15) is 0 Å². The monoisotopic (exact) mass is 218 g/mol. The second-order valence-electron chi connectivity index (χ2n) is 3.93. The van der Waals surface area contributed by atoms with Crippen LogP contribution in [-0.4, -0.2) is 43.4 Å². The Bertz CT molecular complexity index is 186. The Hall–Kier alpha value is -0.650. The third-order valence-electron chi connectivity index (χ3n) is 2.30. The van der Waals surface area contributed by atoms with Crippen LogP contribution in [0.4, 0.5) is 0 Å². The zero-order chi connectivity index (χ0) is 11.8. The van der Waals surface area contributed by atoms with Crippen LogP contribution in [0.25, 0.3) is 0 Å². The average Bonchev–Trinajstić information content (AvgIpc) is 2.21. The van der Waals surface area contributed by atoms with Gasteiger partial charge in [-0.1, -0.05) is 13.8 Å². The van der Waals surface area contributed by atoms with Crippen molar-refractivity contribution in [3.63, 3.8) is 0 Å². The summed E-state index contributed by atoms with van der Waals surface area (Å²) in [5, 5.41) is 11.7. The predicted octanol–water partition coefficient (Wildman–Crippen LogP) is -0.517. The number of nitrogens with two attached hydrogens (primary N) is 1. The molecule has 0 fully saturated rings. The third-order valence-corrected chi connectivity index (χ3v) is 2.30. The molecule has 5 nitrogen and oxygen atoms in total. The Kier molecular flexibility index (Phi) is 7.29. The SMILES string of the molecule is COCCC(N)C(=O)N[C@H](CO)C(C)C. The number of carbonyl (C=O) groups excluding carboxylic acids is 1. The van der Waals surface area contributed by atoms with Crippen LogP contribution in [0, 0.1) is 5.92 Å². The maximum absolute atomic E-state index is 11.5. The van der Waals surface area contributed by atoms with Gasteiger partial charge >= 0.3 is 0 Å². The Balaban J connectivity index is 3.98. The smallest absolute Gasteiger partial charge is 0.237 e. The van der Waals surface area contributed by atoms with Gasteiger partial charge in [0, 0.05) is 13.7 Å². The number of carbonyl (C=O) groups is 1. The van der Waals surface area contributed by atoms with E-state index in [9.17, 15) is 4.79 Å². The molecule has 0 radical (unpaired) electrons. The molecular formula is C10H22N2O3. The average molecular weight is 218 g/mol. The van der Waals surface area contributed by atoms with E-state index in [4.69, 9.17) is 15.6 Å². The standard InChI is InChI=1S/C10H22N2O3/c1-7(2)9(6-13)12-10(14)8(11)4-5-15-3/h7-9,13H,4-6,11H2,1-3H3,(H,12,14)/t8?,9-/m1/s1. The van der Waals surface area contributed by atoms with Gasteiger partial charge in [-0.3, -0.25) is 4.79 Å². The van der Waals surface area contributed by atoms with Gasteiger partial charge < -0.3 is 20.9 Å². The lowest BCUT2D eigenvalue weighted by molar-refractivity contribution is -0.124. The van der Waals surface area contributed by atoms with Gasteiger partial charge in [0.15, 0.2) is 0 Å². The van der Waals surface area contributed by atoms with Crippen molar-refractivity contribution in [3.05, 3.63) is 0 Å². The van der Waals surface area contributed by atoms with Gasteiger partial charge in [-0.05, 0) is 12.3 Å². The van der Waals surface area contributed by atoms with Crippen molar-refractivity contribution in [2.45, 2.75) is 32.4 Å². The summed E-state index contributed by atoms with van der Waals surface area (Å²) in [5.74, 6) is -0.0478. The molecule has 1 unspecified atom stereocenters. The van der Waals surface area contributed by atoms with Crippen molar-refractivity contribution in [1.82, 2.24) is 5.32 Å². The topological polar surface area (TPSA) is 84.6 Å². The molecule has 0 heterocycles. The molecule has 0 rings (SSSR count). The molecule has 1 amide bonds. The minimum atomic E-state index is -0.572. The van der Waals surface area contributed by atoms with E-state index in [1.165, 1.54) is 0 Å². The zero-order valence-electron chi connectivity index (χ0n) is 9.69. The first-order chi connectivity index (χ1) is 7.02. The van der Waals surface area contributed by atoms with Crippen molar-refractivity contribution in [3.8, 4) is 0 Å². The molecule has 0 aliphatic heterocycles. The Labute approximate surface area is 91.0 Å². The van der Waals surface area contributed by atoms with E-state index >= 15 is 0 Å². The summed E-state index contributed by atoms with van der Waals surface area (Å²) in [7, 11) is 1.56. The van der Waals surface area contributed by atoms with Gasteiger partial charge in [0.25, 0.3) is 0 Å². The third kappa shape index (κ3) is 5.71. The van der Waals surface area contributed by atoms with E-state index in [1.807, 2.05) is 13.8 Å². The highest BCUT2D eigenvalue weighted by atomic mass is 16.5. The van der Waals surface area contributed by atoms with Crippen LogP contribution >= 0.6 is 0 Å². The molecule has 0 aromatic rings. The summed E-state index contributed by atoms with van der Waals surface area (Å²) in [4.78, 5) is 11.5. The molecule has 2 atom stereocenters. The van der Waals surface area contributed by atoms with Crippen LogP contribution in [0.15, 0.2) is 0 Å². The lowest BCUT2D eigenvalue weighted by Gasteiger charge is -2.22. The quantitative estimate of drug-likeness (QED) is 0.537. The molecule has 0 bridgehead atoms. The molecule has 0 aliphatic rings. The molecule has 0 saturated carbocycles. The van der Waals surface area contributed by atoms with E-state index in [1.54, 1.807) is 7.11 Å². The molecule has 0 spiro atoms. The van der Waals surface area contributed by atoms with E-state index in [0.29, 0.717) is 13.0 Å². The summed E-state index contributed by atoms with van der Waals surface area (Å²) in [6, 6.07) is -0.802. The number of rotatable bonds is 7. The van der Waals surface area contributed by atoms with E-state index in [2.05, 4.69) is 5.32 Å². The number of hydrogen-bond acceptors (Lipinski definition) is 4. The second kappa shape index (κ2) is 7.62. The van der Waals surface area contributed by atoms with Crippen molar-refractivity contribution in [1.29, 1.82) is 0 Å². The number of aliphatic hydroxyl groups excluding tert-OH is 1. The Morgan fingerprint density at radius 3 is 2.53 bits per heavy atom. The van der Waals surface area contributed by atoms with E-state index < -0.39 is 6.04 Å². The lowest BCUT2D eigenvalue weighted by atomic mass is 10.0. The zero-order valence-corrected chi connectivity index (χ0v) is 9.69. The van der Waals surface area contributed by atoms with E-state index in [0.717, 1.165) is 0 Å². The molecule has 90 valence electrons. The largest absolute Gasteiger partial charge is 0.394 e. The maximum atomic E-state index is 11.5. The van der Waals surface area contributed by atoms with Crippen LogP contribution in [0.3, 0.4) is 0 Å². The number of nitrogens with one attached hydrogen (secondary N) is 1. The number of amides is 1. The van der Waals surface area contributed by atoms with Crippen molar-refractivity contribution < 1.29 is 14.6 Å². The molecule has 0 aromatic heterocycles. The van der Waals surface area contributed by atoms with Crippen LogP contribution in [0.5, 0.6) is 0 Å². The van der Waals surface area contributed by atoms with Crippen molar-refractivity contribution in [2.24, 2.45) is 11.7 Å². The van der Waals surface area contributed by atoms with Gasteiger partial charge in [-0.25, -0.2) is 0 Å². The number of ether oxygens (including phenoxy) is 1. The summed E-state index contributed by atoms with van der Waals surface area (Å²) >= 11 is 0. The van der Waals surface area contributed by atoms with Crippen molar-refractivity contribution in [2.75, 3.05) is 20.3 Å². The van der Waals surface area contributed by atoms with Gasteiger partial charge in [0.2, 0.25) is 5.91 Å². The van der Waals surface area contributed by atoms with Crippen LogP contribution in [-0.2, 0) is 9.53 Å². The summed E-state index contributed by atoms with van der Waals surface area (Å²) in [5.41, 5.74) is 5.63. The molecule has 4 N–H and O–H groups in total. The van der Waals surface area contributed by atoms with Crippen LogP contribution < -0.4 is 11.1 Å². The highest BCUT2D eigenvalue weighted by molar-refractivity contribution is 5.81. The van der Waals surface area contributed by atoms with Crippen LogP contribution in [0.1, 0.15) is 20.3 Å². The first-order valence-corrected chi connectivity index (χ1v) is 5.18. The first kappa shape index (κ1) is 14.3. The fraction of sp³-hybridized carbons (Fsp3) is 0.900. The lowest BCUT2D eigenvalue weighted by Crippen LogP contribution is -2.49. The fourth-order valence-electron chi connectivity index (χ4n) is 1.09. The predicted molar refractivity (Wildman–Crippen MR) is 58.3 cm³/mol. The van der Waals surface area contributed by atoms with Gasteiger partial charge in [0.1, 0.15) is 0 Å². The molecule has 0 saturated heterocycles. The number of methoxy groups -OCH3 is 1. The second-order valence-corrected chi connectivity index (χ2v) is 3.93. The van der Waals surface area contributed by atoms with Crippen molar-refractivity contribution >= 4 is 5.91 Å². The highest BCUT2D eigenvalue weighted by Gasteiger charge is 2.19. The fourth-order valence-corrected chi connectivity index (χ4v) is 1.09. The summed E-state index contributed by atoms with van der Waals surface area (Å²) in [6.07, 6.45) is 0.485. The Morgan fingerprint density at radius 2 is 2.13 bits per heavy atom. The summed E-state index contributed by atoms with van der Waals surface area (Å²) < 4.78 is 4.83. The number of aliphatic hydroxyl groups is 1. The van der Waals surface area contributed by atoms with E-state index in [-0.39, 0.29) is 24.5 Å².